The van der Waals surface area contributed by atoms with E-state index in [9.17, 15) is 13.2 Å². The van der Waals surface area contributed by atoms with Crippen molar-refractivity contribution in [1.82, 2.24) is 9.21 Å². The Kier molecular flexibility index (Phi) is 7.69. The zero-order valence-corrected chi connectivity index (χ0v) is 19.6. The number of hydrogen-bond acceptors (Lipinski definition) is 3. The Hall–Kier alpha value is -1.31. The van der Waals surface area contributed by atoms with Crippen molar-refractivity contribution < 1.29 is 13.2 Å². The highest BCUT2D eigenvalue weighted by Gasteiger charge is 2.34. The topological polar surface area (TPSA) is 57.7 Å². The molecule has 3 rings (SSSR count). The van der Waals surface area contributed by atoms with Crippen molar-refractivity contribution in [2.45, 2.75) is 25.1 Å². The molecule has 1 heterocycles. The van der Waals surface area contributed by atoms with Crippen LogP contribution in [-0.4, -0.2) is 43.7 Å². The lowest BCUT2D eigenvalue weighted by Crippen LogP contribution is -2.46. The lowest BCUT2D eigenvalue weighted by Gasteiger charge is -2.33. The Bertz CT molecular complexity index is 1010. The fraction of sp³-hybridized carbons (Fsp3) is 0.381. The average Bonchev–Trinajstić information content (AvgIpc) is 2.71. The number of rotatable bonds is 6. The highest BCUT2D eigenvalue weighted by molar-refractivity contribution is 7.88. The molecule has 2 aromatic carbocycles. The second kappa shape index (κ2) is 9.88. The zero-order valence-electron chi connectivity index (χ0n) is 16.5. The van der Waals surface area contributed by atoms with Gasteiger partial charge in [0, 0.05) is 41.7 Å². The summed E-state index contributed by atoms with van der Waals surface area (Å²) in [7, 11) is -1.87. The van der Waals surface area contributed by atoms with Gasteiger partial charge in [-0.15, -0.1) is 0 Å². The largest absolute Gasteiger partial charge is 0.341 e. The highest BCUT2D eigenvalue weighted by Crippen LogP contribution is 2.27. The normalized spacial score (nSPS) is 17.7. The van der Waals surface area contributed by atoms with Gasteiger partial charge in [-0.2, -0.15) is 0 Å². The van der Waals surface area contributed by atoms with E-state index >= 15 is 0 Å². The number of hydrogen-bond donors (Lipinski definition) is 0. The predicted octanol–water partition coefficient (Wildman–Crippen LogP) is 4.85. The molecule has 162 valence electrons. The van der Waals surface area contributed by atoms with E-state index < -0.39 is 10.0 Å². The number of nitrogens with zero attached hydrogens (tertiary/aromatic N) is 2. The molecule has 0 N–H and O–H groups in total. The smallest absolute Gasteiger partial charge is 0.227 e. The van der Waals surface area contributed by atoms with E-state index in [2.05, 4.69) is 0 Å². The molecular weight excluding hydrogens is 467 g/mol. The maximum atomic E-state index is 12.9. The standard InChI is InChI=1S/C21H23Cl3N2O3S/c1-25(12-15-4-7-18(22)8-5-15)21(27)16-3-2-10-26(13-16)30(28,29)14-17-6-9-19(23)11-20(17)24/h4-9,11,16H,2-3,10,12-14H2,1H3/t16-/m0/s1. The van der Waals surface area contributed by atoms with Gasteiger partial charge in [-0.25, -0.2) is 12.7 Å². The Morgan fingerprint density at radius 1 is 1.10 bits per heavy atom. The van der Waals surface area contributed by atoms with Crippen LogP contribution in [0.1, 0.15) is 24.0 Å². The molecule has 0 spiro atoms. The number of amides is 1. The molecule has 0 bridgehead atoms. The van der Waals surface area contributed by atoms with Gasteiger partial charge in [0.15, 0.2) is 0 Å². The third-order valence-corrected chi connectivity index (χ3v) is 7.82. The third kappa shape index (κ3) is 5.89. The zero-order chi connectivity index (χ0) is 21.9. The van der Waals surface area contributed by atoms with Crippen LogP contribution in [0.25, 0.3) is 0 Å². The first kappa shape index (κ1) is 23.4. The summed E-state index contributed by atoms with van der Waals surface area (Å²) in [5, 5.41) is 1.41. The van der Waals surface area contributed by atoms with E-state index in [0.717, 1.165) is 5.56 Å². The summed E-state index contributed by atoms with van der Waals surface area (Å²) in [4.78, 5) is 14.6. The number of sulfonamides is 1. The molecule has 0 saturated carbocycles. The van der Waals surface area contributed by atoms with Gasteiger partial charge in [-0.1, -0.05) is 53.0 Å². The fourth-order valence-corrected chi connectivity index (χ4v) is 5.90. The summed E-state index contributed by atoms with van der Waals surface area (Å²) in [6.07, 6.45) is 1.30. The summed E-state index contributed by atoms with van der Waals surface area (Å²) in [5.74, 6) is -0.647. The van der Waals surface area contributed by atoms with Gasteiger partial charge < -0.3 is 4.90 Å². The third-order valence-electron chi connectivity index (χ3n) is 5.19. The van der Waals surface area contributed by atoms with Crippen LogP contribution in [0, 0.1) is 5.92 Å². The monoisotopic (exact) mass is 488 g/mol. The number of carbonyl (C=O) groups is 1. The van der Waals surface area contributed by atoms with Gasteiger partial charge in [-0.3, -0.25) is 4.79 Å². The lowest BCUT2D eigenvalue weighted by molar-refractivity contribution is -0.135. The van der Waals surface area contributed by atoms with Crippen molar-refractivity contribution in [2.75, 3.05) is 20.1 Å². The van der Waals surface area contributed by atoms with Crippen molar-refractivity contribution in [3.63, 3.8) is 0 Å². The first-order valence-corrected chi connectivity index (χ1v) is 12.3. The second-order valence-electron chi connectivity index (χ2n) is 7.51. The van der Waals surface area contributed by atoms with Crippen molar-refractivity contribution in [2.24, 2.45) is 5.92 Å². The molecule has 1 atom stereocenters. The average molecular weight is 490 g/mol. The van der Waals surface area contributed by atoms with Crippen LogP contribution in [0.5, 0.6) is 0 Å². The van der Waals surface area contributed by atoms with E-state index in [0.29, 0.717) is 46.6 Å². The van der Waals surface area contributed by atoms with Crippen molar-refractivity contribution >= 4 is 50.7 Å². The van der Waals surface area contributed by atoms with Gasteiger partial charge in [-0.05, 0) is 48.2 Å². The van der Waals surface area contributed by atoms with Crippen molar-refractivity contribution in [3.8, 4) is 0 Å². The number of piperidine rings is 1. The quantitative estimate of drug-likeness (QED) is 0.583. The predicted molar refractivity (Wildman–Crippen MR) is 121 cm³/mol. The number of carbonyl (C=O) groups excluding carboxylic acids is 1. The molecule has 0 unspecified atom stereocenters. The molecule has 30 heavy (non-hydrogen) atoms. The number of benzene rings is 2. The molecule has 9 heteroatoms. The van der Waals surface area contributed by atoms with E-state index in [1.807, 2.05) is 12.1 Å². The molecule has 2 aromatic rings. The fourth-order valence-electron chi connectivity index (χ4n) is 3.58. The minimum absolute atomic E-state index is 0.0608. The molecule has 1 saturated heterocycles. The molecule has 0 aliphatic carbocycles. The number of halogens is 3. The minimum atomic E-state index is -3.61. The molecule has 1 aliphatic heterocycles. The molecule has 5 nitrogen and oxygen atoms in total. The summed E-state index contributed by atoms with van der Waals surface area (Å²) in [6, 6.07) is 12.1. The SMILES string of the molecule is CN(Cc1ccc(Cl)cc1)C(=O)[C@H]1CCCN(S(=O)(=O)Cc2ccc(Cl)cc2Cl)C1. The Labute approximate surface area is 192 Å². The summed E-state index contributed by atoms with van der Waals surface area (Å²) < 4.78 is 27.3. The van der Waals surface area contributed by atoms with Gasteiger partial charge in [0.1, 0.15) is 0 Å². The minimum Gasteiger partial charge on any atom is -0.341 e. The molecule has 1 aliphatic rings. The molecule has 1 fully saturated rings. The van der Waals surface area contributed by atoms with Crippen molar-refractivity contribution in [1.29, 1.82) is 0 Å². The van der Waals surface area contributed by atoms with Crippen LogP contribution in [-0.2, 0) is 27.1 Å². The Morgan fingerprint density at radius 3 is 2.43 bits per heavy atom. The van der Waals surface area contributed by atoms with Crippen molar-refractivity contribution in [3.05, 3.63) is 68.7 Å². The Balaban J connectivity index is 1.66. The van der Waals surface area contributed by atoms with Crippen LogP contribution in [0.3, 0.4) is 0 Å². The molecule has 1 amide bonds. The van der Waals surface area contributed by atoms with Crippen LogP contribution >= 0.6 is 34.8 Å². The van der Waals surface area contributed by atoms with Gasteiger partial charge in [0.25, 0.3) is 0 Å². The molecule has 0 aromatic heterocycles. The van der Waals surface area contributed by atoms with E-state index in [4.69, 9.17) is 34.8 Å². The van der Waals surface area contributed by atoms with Gasteiger partial charge >= 0.3 is 0 Å². The molecule has 0 radical (unpaired) electrons. The first-order valence-electron chi connectivity index (χ1n) is 9.57. The van der Waals surface area contributed by atoms with Gasteiger partial charge in [0.2, 0.25) is 15.9 Å². The van der Waals surface area contributed by atoms with Crippen LogP contribution in [0.15, 0.2) is 42.5 Å². The first-order chi connectivity index (χ1) is 14.2. The summed E-state index contributed by atoms with van der Waals surface area (Å²) >= 11 is 17.9. The van der Waals surface area contributed by atoms with Crippen LogP contribution in [0.2, 0.25) is 15.1 Å². The van der Waals surface area contributed by atoms with E-state index in [1.165, 1.54) is 10.4 Å². The maximum Gasteiger partial charge on any atom is 0.227 e. The second-order valence-corrected chi connectivity index (χ2v) is 10.8. The van der Waals surface area contributed by atoms with Crippen LogP contribution < -0.4 is 0 Å². The lowest BCUT2D eigenvalue weighted by atomic mass is 9.98. The van der Waals surface area contributed by atoms with E-state index in [-0.39, 0.29) is 24.1 Å². The maximum absolute atomic E-state index is 12.9. The summed E-state index contributed by atoms with van der Waals surface area (Å²) in [6.45, 7) is 1.02. The van der Waals surface area contributed by atoms with Crippen LogP contribution in [0.4, 0.5) is 0 Å². The Morgan fingerprint density at radius 2 is 1.77 bits per heavy atom. The van der Waals surface area contributed by atoms with E-state index in [1.54, 1.807) is 36.2 Å². The highest BCUT2D eigenvalue weighted by atomic mass is 35.5. The summed E-state index contributed by atoms with van der Waals surface area (Å²) in [5.41, 5.74) is 1.46. The van der Waals surface area contributed by atoms with Gasteiger partial charge in [0.05, 0.1) is 11.7 Å². The molecular formula is C21H23Cl3N2O3S.